The van der Waals surface area contributed by atoms with E-state index < -0.39 is 5.82 Å². The number of pyridine rings is 2. The van der Waals surface area contributed by atoms with Crippen LogP contribution in [0.4, 0.5) is 8.78 Å². The summed E-state index contributed by atoms with van der Waals surface area (Å²) in [4.78, 5) is 35.1. The predicted molar refractivity (Wildman–Crippen MR) is 284 cm³/mol. The van der Waals surface area contributed by atoms with Gasteiger partial charge < -0.3 is 16.4 Å². The lowest BCUT2D eigenvalue weighted by molar-refractivity contribution is 0.0976. The first-order valence-electron chi connectivity index (χ1n) is 24.9. The first-order valence-corrected chi connectivity index (χ1v) is 24.9. The molecule has 2 fully saturated rings. The summed E-state index contributed by atoms with van der Waals surface area (Å²) in [5.41, 5.74) is 16.6. The van der Waals surface area contributed by atoms with Crippen molar-refractivity contribution >= 4 is 24.0 Å². The molecule has 4 N–H and O–H groups in total. The van der Waals surface area contributed by atoms with E-state index in [1.807, 2.05) is 86.6 Å². The zero-order valence-corrected chi connectivity index (χ0v) is 42.3. The van der Waals surface area contributed by atoms with E-state index in [-0.39, 0.29) is 54.7 Å². The van der Waals surface area contributed by atoms with Gasteiger partial charge in [-0.15, -0.1) is 12.4 Å². The third-order valence-electron chi connectivity index (χ3n) is 13.4. The fraction of sp³-hybridized carbons (Fsp3) is 0.288. The van der Waals surface area contributed by atoms with Gasteiger partial charge in [-0.2, -0.15) is 10.2 Å². The Kier molecular flexibility index (Phi) is 17.3. The van der Waals surface area contributed by atoms with Gasteiger partial charge in [-0.3, -0.25) is 19.6 Å². The summed E-state index contributed by atoms with van der Waals surface area (Å²) in [5, 5.41) is 16.4. The fourth-order valence-corrected chi connectivity index (χ4v) is 9.04. The summed E-state index contributed by atoms with van der Waals surface area (Å²) in [6.45, 7) is 8.00. The zero-order valence-electron chi connectivity index (χ0n) is 41.5. The van der Waals surface area contributed by atoms with Crippen LogP contribution < -0.4 is 16.4 Å². The smallest absolute Gasteiger partial charge is 0.185 e. The number of nitrogens with zero attached hydrogens (tertiary/aromatic N) is 6. The lowest BCUT2D eigenvalue weighted by Gasteiger charge is -2.21. The molecular formula is C59H62ClF2N9O2. The number of nitrogens with one attached hydrogen (secondary N) is 2. The third kappa shape index (κ3) is 13.3. The molecule has 2 atom stereocenters. The van der Waals surface area contributed by atoms with Crippen molar-refractivity contribution in [1.82, 2.24) is 40.2 Å². The summed E-state index contributed by atoms with van der Waals surface area (Å²) in [6, 6.07) is 37.0. The number of Topliss-reactive ketones (excluding diaryl/α,β-unsaturated/α-hetero) is 2. The van der Waals surface area contributed by atoms with Gasteiger partial charge >= 0.3 is 0 Å². The molecule has 4 heterocycles. The number of hydrogen-bond acceptors (Lipinski definition) is 9. The van der Waals surface area contributed by atoms with Crippen LogP contribution in [0.5, 0.6) is 0 Å². The Bertz CT molecular complexity index is 2940. The minimum Gasteiger partial charge on any atom is -0.326 e. The van der Waals surface area contributed by atoms with Crippen LogP contribution in [0.25, 0.3) is 11.4 Å². The monoisotopic (exact) mass is 1000 g/mol. The largest absolute Gasteiger partial charge is 0.326 e. The van der Waals surface area contributed by atoms with Gasteiger partial charge in [0.2, 0.25) is 0 Å². The molecule has 0 bridgehead atoms. The van der Waals surface area contributed by atoms with E-state index in [4.69, 9.17) is 5.73 Å². The number of benzene rings is 4. The van der Waals surface area contributed by atoms with E-state index >= 15 is 0 Å². The van der Waals surface area contributed by atoms with Crippen molar-refractivity contribution in [3.8, 4) is 11.4 Å². The quantitative estimate of drug-likeness (QED) is 0.0635. The highest BCUT2D eigenvalue weighted by atomic mass is 35.5. The number of carbonyl (C=O) groups excluding carboxylic acids is 2. The maximum Gasteiger partial charge on any atom is 0.185 e. The van der Waals surface area contributed by atoms with Gasteiger partial charge in [0.05, 0.1) is 34.8 Å². The second kappa shape index (κ2) is 24.1. The molecule has 2 unspecified atom stereocenters. The van der Waals surface area contributed by atoms with Crippen LogP contribution in [0.15, 0.2) is 146 Å². The van der Waals surface area contributed by atoms with Crippen molar-refractivity contribution in [2.45, 2.75) is 84.3 Å². The summed E-state index contributed by atoms with van der Waals surface area (Å²) < 4.78 is 33.2. The zero-order chi connectivity index (χ0) is 50.1. The minimum absolute atomic E-state index is 0. The van der Waals surface area contributed by atoms with Crippen LogP contribution in [-0.2, 0) is 25.8 Å². The molecule has 0 amide bonds. The Morgan fingerprint density at radius 3 is 1.42 bits per heavy atom. The van der Waals surface area contributed by atoms with Crippen LogP contribution in [0.3, 0.4) is 0 Å². The highest BCUT2D eigenvalue weighted by molar-refractivity contribution is 5.97. The highest BCUT2D eigenvalue weighted by Crippen LogP contribution is 2.32. The molecule has 376 valence electrons. The number of carbonyl (C=O) groups is 2. The van der Waals surface area contributed by atoms with Crippen molar-refractivity contribution in [2.24, 2.45) is 17.6 Å². The number of rotatable bonds is 20. The molecule has 10 rings (SSSR count). The SMILES string of the molecule is CCc1cccc(-n2nc(C)cc2C(=O)Cc2cc(C(NCC3CC3)c3ccncc3)ccc2F)c1.Cc1cc(C(=O)Cc2cc(C(NCC3CC3)c3ccncc3)ccc2F)n(-c2cccc(CN)c2)n1.Cl. The topological polar surface area (TPSA) is 146 Å². The molecule has 2 aliphatic carbocycles. The molecule has 0 spiro atoms. The van der Waals surface area contributed by atoms with E-state index in [0.29, 0.717) is 46.6 Å². The molecule has 11 nitrogen and oxygen atoms in total. The molecule has 2 saturated carbocycles. The molecule has 0 radical (unpaired) electrons. The molecule has 14 heteroatoms. The van der Waals surface area contributed by atoms with E-state index in [0.717, 1.165) is 64.4 Å². The van der Waals surface area contributed by atoms with Crippen molar-refractivity contribution in [3.05, 3.63) is 225 Å². The number of hydrogen-bond donors (Lipinski definition) is 3. The van der Waals surface area contributed by atoms with Gasteiger partial charge in [-0.25, -0.2) is 18.1 Å². The van der Waals surface area contributed by atoms with E-state index in [9.17, 15) is 18.4 Å². The summed E-state index contributed by atoms with van der Waals surface area (Å²) >= 11 is 0. The number of ketones is 2. The summed E-state index contributed by atoms with van der Waals surface area (Å²) in [5.74, 6) is 0.257. The third-order valence-corrected chi connectivity index (χ3v) is 13.4. The Morgan fingerprint density at radius 1 is 0.589 bits per heavy atom. The van der Waals surface area contributed by atoms with Crippen LogP contribution in [-0.4, -0.2) is 54.2 Å². The Hall–Kier alpha value is -7.03. The Morgan fingerprint density at radius 2 is 1.01 bits per heavy atom. The second-order valence-electron chi connectivity index (χ2n) is 19.1. The molecule has 8 aromatic rings. The van der Waals surface area contributed by atoms with Gasteiger partial charge in [0, 0.05) is 44.2 Å². The molecule has 0 saturated heterocycles. The van der Waals surface area contributed by atoms with Crippen LogP contribution in [0.2, 0.25) is 0 Å². The number of aromatic nitrogens is 6. The fourth-order valence-electron chi connectivity index (χ4n) is 9.04. The molecule has 2 aliphatic rings. The van der Waals surface area contributed by atoms with E-state index in [1.54, 1.807) is 64.5 Å². The van der Waals surface area contributed by atoms with Gasteiger partial charge in [0.25, 0.3) is 0 Å². The van der Waals surface area contributed by atoms with E-state index in [2.05, 4.69) is 43.8 Å². The molecule has 0 aliphatic heterocycles. The number of aryl methyl sites for hydroxylation is 3. The van der Waals surface area contributed by atoms with Crippen molar-refractivity contribution < 1.29 is 18.4 Å². The Labute approximate surface area is 432 Å². The average molecular weight is 1000 g/mol. The summed E-state index contributed by atoms with van der Waals surface area (Å²) in [7, 11) is 0. The van der Waals surface area contributed by atoms with Crippen molar-refractivity contribution in [2.75, 3.05) is 13.1 Å². The predicted octanol–water partition coefficient (Wildman–Crippen LogP) is 10.9. The standard InChI is InChI=1S/C30H31FN4O.C29H30FN5O.ClH/c1-3-21-5-4-6-26(16-21)35-28(15-20(2)34-35)29(36)18-25-17-24(9-10-27(25)31)30(33-19-22-7-8-22)23-11-13-32-14-12-23;1-19-13-27(35(34-19)25-4-2-3-21(14-25)17-31)28(36)16-24-15-23(7-8-26(24)30)29(33-18-20-5-6-20)22-9-11-32-12-10-22;/h4-6,9-17,22,30,33H,3,7-8,18-19H2,1-2H3;2-4,7-15,20,29,33H,5-6,16-18,31H2,1H3;1H. The molecular weight excluding hydrogens is 940 g/mol. The molecule has 4 aromatic carbocycles. The first-order chi connectivity index (χ1) is 35.0. The van der Waals surface area contributed by atoms with Gasteiger partial charge in [0.1, 0.15) is 23.0 Å². The van der Waals surface area contributed by atoms with Crippen molar-refractivity contribution in [1.29, 1.82) is 0 Å². The number of halogens is 3. The van der Waals surface area contributed by atoms with E-state index in [1.165, 1.54) is 43.4 Å². The van der Waals surface area contributed by atoms with Crippen molar-refractivity contribution in [3.63, 3.8) is 0 Å². The molecule has 4 aromatic heterocycles. The highest BCUT2D eigenvalue weighted by Gasteiger charge is 2.27. The lowest BCUT2D eigenvalue weighted by Crippen LogP contribution is -2.25. The minimum atomic E-state index is -0.393. The maximum absolute atomic E-state index is 15.0. The number of nitrogens with two attached hydrogens (primary N) is 1. The van der Waals surface area contributed by atoms with Crippen LogP contribution in [0, 0.1) is 37.3 Å². The van der Waals surface area contributed by atoms with Gasteiger partial charge in [-0.1, -0.05) is 55.5 Å². The summed E-state index contributed by atoms with van der Waals surface area (Å²) in [6.07, 6.45) is 12.8. The average Bonchev–Trinajstić information content (AvgIpc) is 4.34. The van der Waals surface area contributed by atoms with Gasteiger partial charge in [0.15, 0.2) is 11.6 Å². The van der Waals surface area contributed by atoms with Gasteiger partial charge in [-0.05, 0) is 188 Å². The second-order valence-corrected chi connectivity index (χ2v) is 19.1. The van der Waals surface area contributed by atoms with Crippen LogP contribution >= 0.6 is 12.4 Å². The normalized spacial score (nSPS) is 13.9. The lowest BCUT2D eigenvalue weighted by atomic mass is 9.95. The first kappa shape index (κ1) is 52.3. The Balaban J connectivity index is 0.000000192. The maximum atomic E-state index is 15.0. The van der Waals surface area contributed by atoms with Crippen LogP contribution in [0.1, 0.15) is 122 Å². The molecule has 73 heavy (non-hydrogen) atoms.